The molecule has 0 saturated heterocycles. The minimum absolute atomic E-state index is 0. The van der Waals surface area contributed by atoms with E-state index in [1.54, 1.807) is 23.3 Å². The van der Waals surface area contributed by atoms with Gasteiger partial charge in [-0.1, -0.05) is 78.6 Å². The fourth-order valence-electron chi connectivity index (χ4n) is 4.53. The number of fused-ring (bicyclic) bond motifs is 2. The van der Waals surface area contributed by atoms with Gasteiger partial charge in [0.1, 0.15) is 0 Å². The van der Waals surface area contributed by atoms with E-state index in [0.717, 1.165) is 11.8 Å². The van der Waals surface area contributed by atoms with Gasteiger partial charge in [-0.05, 0) is 24.7 Å². The number of benzene rings is 2. The van der Waals surface area contributed by atoms with Crippen molar-refractivity contribution >= 4 is 27.0 Å². The van der Waals surface area contributed by atoms with E-state index < -0.39 is 0 Å². The van der Waals surface area contributed by atoms with Gasteiger partial charge in [0, 0.05) is 0 Å². The van der Waals surface area contributed by atoms with Crippen LogP contribution in [0.3, 0.4) is 0 Å². The molecular weight excluding hydrogens is 575 g/mol. The standard InChI is InChI=1S/2C15H19.C2H6Si.2ClH.Zr/c2*1-10(2)7-13-6-5-12(4)14-8-11(3)9-15(13)14;1-3-2;;;/h2*5-6,8-10H,7H2,1-4H3;1-2H3;2*1H;/q2*-1;;;;+2/p-2. The van der Waals surface area contributed by atoms with Gasteiger partial charge in [-0.2, -0.15) is 12.1 Å². The molecule has 0 aliphatic rings. The number of halogens is 2. The van der Waals surface area contributed by atoms with Crippen LogP contribution in [0.15, 0.2) is 48.5 Å². The van der Waals surface area contributed by atoms with Gasteiger partial charge in [0.2, 0.25) is 0 Å². The molecule has 4 aromatic carbocycles. The predicted octanol–water partition coefficient (Wildman–Crippen LogP) is 3.54. The Kier molecular flexibility index (Phi) is 16.0. The van der Waals surface area contributed by atoms with Crippen molar-refractivity contribution in [2.75, 3.05) is 0 Å². The maximum atomic E-state index is 2.32. The zero-order valence-corrected chi connectivity index (χ0v) is 28.9. The normalized spacial score (nSPS) is 10.4. The summed E-state index contributed by atoms with van der Waals surface area (Å²) in [6.07, 6.45) is 2.36. The van der Waals surface area contributed by atoms with Gasteiger partial charge in [-0.3, -0.25) is 0 Å². The summed E-state index contributed by atoms with van der Waals surface area (Å²) in [5, 5.41) is 5.79. The molecule has 0 aromatic heterocycles. The second kappa shape index (κ2) is 16.3. The number of rotatable bonds is 4. The van der Waals surface area contributed by atoms with Gasteiger partial charge in [0.25, 0.3) is 0 Å². The van der Waals surface area contributed by atoms with E-state index in [2.05, 4.69) is 117 Å². The largest absolute Gasteiger partial charge is 1.00 e. The van der Waals surface area contributed by atoms with Crippen molar-refractivity contribution < 1.29 is 48.1 Å². The van der Waals surface area contributed by atoms with E-state index in [1.807, 2.05) is 0 Å². The van der Waals surface area contributed by atoms with Gasteiger partial charge in [0.15, 0.2) is 0 Å². The zero-order chi connectivity index (χ0) is 25.6. The maximum absolute atomic E-state index is 2.32. The van der Waals surface area contributed by atoms with E-state index in [9.17, 15) is 0 Å². The van der Waals surface area contributed by atoms with E-state index in [0.29, 0.717) is 0 Å². The second-order valence-corrected chi connectivity index (χ2v) is 20.4. The third kappa shape index (κ3) is 10.6. The van der Waals surface area contributed by atoms with Crippen LogP contribution in [0.1, 0.15) is 61.1 Å². The molecule has 0 heterocycles. The van der Waals surface area contributed by atoms with Crippen molar-refractivity contribution in [3.8, 4) is 0 Å². The van der Waals surface area contributed by atoms with Crippen LogP contribution in [0.25, 0.3) is 21.5 Å². The molecular formula is C32H44Cl2SiZr-2. The van der Waals surface area contributed by atoms with E-state index in [4.69, 9.17) is 0 Å². The first kappa shape index (κ1) is 35.3. The fraction of sp³-hybridized carbons (Fsp3) is 0.438. The van der Waals surface area contributed by atoms with Gasteiger partial charge in [-0.25, -0.2) is 0 Å². The van der Waals surface area contributed by atoms with Crippen LogP contribution in [0.2, 0.25) is 13.1 Å². The van der Waals surface area contributed by atoms with Crippen molar-refractivity contribution in [3.05, 3.63) is 81.9 Å². The van der Waals surface area contributed by atoms with Crippen LogP contribution in [-0.2, 0) is 36.2 Å². The Labute approximate surface area is 248 Å². The molecule has 0 aliphatic heterocycles. The number of hydrogen-bond donors (Lipinski definition) is 0. The third-order valence-electron chi connectivity index (χ3n) is 5.94. The number of aryl methyl sites for hydroxylation is 4. The monoisotopic (exact) mass is 616 g/mol. The van der Waals surface area contributed by atoms with Crippen molar-refractivity contribution in [1.29, 1.82) is 0 Å². The molecule has 0 fully saturated rings. The molecule has 0 atom stereocenters. The topological polar surface area (TPSA) is 0 Å². The summed E-state index contributed by atoms with van der Waals surface area (Å²) in [5.74, 6) is 1.46. The third-order valence-corrected chi connectivity index (χ3v) is 5.94. The van der Waals surface area contributed by atoms with Crippen LogP contribution < -0.4 is 24.8 Å². The Morgan fingerprint density at radius 2 is 0.972 bits per heavy atom. The predicted molar refractivity (Wildman–Crippen MR) is 153 cm³/mol. The Balaban J connectivity index is 0.000000566. The van der Waals surface area contributed by atoms with E-state index >= 15 is 0 Å². The summed E-state index contributed by atoms with van der Waals surface area (Å²) < 4.78 is 0. The smallest absolute Gasteiger partial charge is 0.0345 e. The molecule has 36 heavy (non-hydrogen) atoms. The summed E-state index contributed by atoms with van der Waals surface area (Å²) in [6, 6.07) is 18.3. The van der Waals surface area contributed by atoms with Crippen LogP contribution in [-0.4, -0.2) is 5.43 Å². The van der Waals surface area contributed by atoms with Gasteiger partial charge >= 0.3 is 41.9 Å². The van der Waals surface area contributed by atoms with Crippen molar-refractivity contribution in [1.82, 2.24) is 0 Å². The molecule has 0 unspecified atom stereocenters. The molecule has 0 nitrogen and oxygen atoms in total. The molecule has 0 amide bonds. The van der Waals surface area contributed by atoms with Crippen molar-refractivity contribution in [2.24, 2.45) is 11.8 Å². The average molecular weight is 619 g/mol. The minimum Gasteiger partial charge on any atom is -1.00 e. The van der Waals surface area contributed by atoms with Crippen LogP contribution in [0.4, 0.5) is 0 Å². The Morgan fingerprint density at radius 1 is 0.667 bits per heavy atom. The first-order valence-corrected chi connectivity index (χ1v) is 18.9. The van der Waals surface area contributed by atoms with Crippen molar-refractivity contribution in [2.45, 2.75) is 81.3 Å². The molecule has 4 aromatic rings. The Hall–Kier alpha value is -0.660. The maximum Gasteiger partial charge on any atom is -0.0345 e. The van der Waals surface area contributed by atoms with Crippen molar-refractivity contribution in [3.63, 3.8) is 0 Å². The summed E-state index contributed by atoms with van der Waals surface area (Å²) in [5.41, 5.74) is 8.75. The molecule has 4 heteroatoms. The second-order valence-electron chi connectivity index (χ2n) is 11.0. The summed E-state index contributed by atoms with van der Waals surface area (Å²) >= 11 is 1.74. The Morgan fingerprint density at radius 3 is 1.25 bits per heavy atom. The zero-order valence-electron chi connectivity index (χ0n) is 23.9. The van der Waals surface area contributed by atoms with Crippen LogP contribution in [0.5, 0.6) is 0 Å². The van der Waals surface area contributed by atoms with Crippen LogP contribution >= 0.6 is 0 Å². The first-order chi connectivity index (χ1) is 15.9. The molecule has 0 bridgehead atoms. The molecule has 0 radical (unpaired) electrons. The summed E-state index contributed by atoms with van der Waals surface area (Å²) in [7, 11) is 0. The molecule has 0 spiro atoms. The van der Waals surface area contributed by atoms with Gasteiger partial charge in [0.05, 0.1) is 0 Å². The minimum atomic E-state index is 0. The van der Waals surface area contributed by atoms with E-state index in [-0.39, 0.29) is 30.2 Å². The first-order valence-electron chi connectivity index (χ1n) is 12.7. The fourth-order valence-corrected chi connectivity index (χ4v) is 4.53. The quantitative estimate of drug-likeness (QED) is 0.243. The van der Waals surface area contributed by atoms with Gasteiger partial charge < -0.3 is 24.8 Å². The SMILES string of the molecule is C[Si](C)=[Zr+2].Cc1cc2c(CC(C)C)ccc(C)c2[cH-]1.Cc1cc2c(CC(C)C)ccc(C)c2[cH-]1.[Cl-].[Cl-]. The molecule has 196 valence electrons. The van der Waals surface area contributed by atoms with E-state index in [1.165, 1.54) is 67.8 Å². The molecule has 0 aliphatic carbocycles. The summed E-state index contributed by atoms with van der Waals surface area (Å²) in [6.45, 7) is 22.5. The molecule has 4 rings (SSSR count). The molecule has 0 N–H and O–H groups in total. The average Bonchev–Trinajstić information content (AvgIpc) is 3.30. The number of hydrogen-bond acceptors (Lipinski definition) is 0. The Bertz CT molecular complexity index is 1150. The molecule has 0 saturated carbocycles. The van der Waals surface area contributed by atoms with Gasteiger partial charge in [-0.15, -0.1) is 68.1 Å². The van der Waals surface area contributed by atoms with Crippen LogP contribution in [0, 0.1) is 39.5 Å². The summed E-state index contributed by atoms with van der Waals surface area (Å²) in [4.78, 5) is 0.